The molecule has 1 aromatic carbocycles. The molecule has 1 aliphatic heterocycles. The molecule has 2 N–H and O–H groups in total. The Morgan fingerprint density at radius 1 is 1.04 bits per heavy atom. The van der Waals surface area contributed by atoms with Crippen molar-refractivity contribution >= 4 is 17.5 Å². The zero-order valence-corrected chi connectivity index (χ0v) is 14.2. The van der Waals surface area contributed by atoms with E-state index in [0.717, 1.165) is 42.7 Å². The topological polar surface area (TPSA) is 61.4 Å². The maximum Gasteiger partial charge on any atom is 0.243 e. The highest BCUT2D eigenvalue weighted by atomic mass is 16.2. The molecule has 5 nitrogen and oxygen atoms in total. The van der Waals surface area contributed by atoms with Crippen LogP contribution in [0.4, 0.5) is 5.69 Å². The number of carbonyl (C=O) groups excluding carboxylic acids is 2. The lowest BCUT2D eigenvalue weighted by Gasteiger charge is -2.19. The Labute approximate surface area is 138 Å². The number of nitrogens with one attached hydrogen (secondary N) is 2. The Morgan fingerprint density at radius 2 is 1.74 bits per heavy atom. The molecule has 1 heterocycles. The van der Waals surface area contributed by atoms with Crippen molar-refractivity contribution in [2.45, 2.75) is 39.5 Å². The number of nitrogens with zero attached hydrogens (tertiary/aromatic N) is 1. The van der Waals surface area contributed by atoms with Crippen molar-refractivity contribution in [3.05, 3.63) is 29.3 Å². The Kier molecular flexibility index (Phi) is 6.59. The molecule has 1 fully saturated rings. The number of likely N-dealkylation sites (tertiary alicyclic amines) is 1. The molecular formula is C18H27N3O2. The summed E-state index contributed by atoms with van der Waals surface area (Å²) in [5, 5.41) is 5.56. The highest BCUT2D eigenvalue weighted by Crippen LogP contribution is 2.17. The number of carbonyl (C=O) groups is 2. The first-order valence-electron chi connectivity index (χ1n) is 8.41. The summed E-state index contributed by atoms with van der Waals surface area (Å²) in [7, 11) is 0. The molecule has 5 heteroatoms. The van der Waals surface area contributed by atoms with E-state index >= 15 is 0 Å². The quantitative estimate of drug-likeness (QED) is 0.875. The third kappa shape index (κ3) is 5.67. The second kappa shape index (κ2) is 8.67. The smallest absolute Gasteiger partial charge is 0.243 e. The van der Waals surface area contributed by atoms with Crippen LogP contribution in [-0.4, -0.2) is 42.9 Å². The number of hydrogen-bond donors (Lipinski definition) is 2. The maximum absolute atomic E-state index is 12.0. The first kappa shape index (κ1) is 17.5. The Hall–Kier alpha value is -1.88. The minimum absolute atomic E-state index is 0.0139. The molecule has 0 aromatic heterocycles. The van der Waals surface area contributed by atoms with Gasteiger partial charge < -0.3 is 10.6 Å². The Bertz CT molecular complexity index is 549. The molecule has 2 amide bonds. The number of hydrogen-bond acceptors (Lipinski definition) is 3. The molecule has 1 aromatic rings. The van der Waals surface area contributed by atoms with Gasteiger partial charge in [-0.05, 0) is 57.0 Å². The fourth-order valence-electron chi connectivity index (χ4n) is 2.81. The number of aryl methyl sites for hydroxylation is 1. The van der Waals surface area contributed by atoms with E-state index in [4.69, 9.17) is 0 Å². The van der Waals surface area contributed by atoms with Crippen molar-refractivity contribution in [1.29, 1.82) is 0 Å². The molecule has 0 aliphatic carbocycles. The van der Waals surface area contributed by atoms with E-state index in [0.29, 0.717) is 6.54 Å². The lowest BCUT2D eigenvalue weighted by molar-refractivity contribution is -0.125. The van der Waals surface area contributed by atoms with Gasteiger partial charge in [0.25, 0.3) is 0 Å². The molecule has 0 bridgehead atoms. The minimum atomic E-state index is -0.192. The summed E-state index contributed by atoms with van der Waals surface area (Å²) in [6, 6.07) is 5.79. The van der Waals surface area contributed by atoms with Crippen LogP contribution in [0.15, 0.2) is 18.2 Å². The van der Waals surface area contributed by atoms with Gasteiger partial charge in [-0.25, -0.2) is 0 Å². The molecule has 0 atom stereocenters. The second-order valence-corrected chi connectivity index (χ2v) is 6.26. The van der Waals surface area contributed by atoms with Crippen LogP contribution >= 0.6 is 0 Å². The van der Waals surface area contributed by atoms with E-state index in [9.17, 15) is 9.59 Å². The van der Waals surface area contributed by atoms with E-state index in [2.05, 4.69) is 15.5 Å². The summed E-state index contributed by atoms with van der Waals surface area (Å²) in [5.74, 6) is -0.272. The monoisotopic (exact) mass is 317 g/mol. The molecule has 1 saturated heterocycles. The van der Waals surface area contributed by atoms with Crippen LogP contribution < -0.4 is 10.6 Å². The highest BCUT2D eigenvalue weighted by Gasteiger charge is 2.14. The molecule has 126 valence electrons. The first-order valence-corrected chi connectivity index (χ1v) is 8.41. The largest absolute Gasteiger partial charge is 0.346 e. The summed E-state index contributed by atoms with van der Waals surface area (Å²) in [4.78, 5) is 26.1. The minimum Gasteiger partial charge on any atom is -0.346 e. The van der Waals surface area contributed by atoms with Crippen LogP contribution in [0, 0.1) is 13.8 Å². The second-order valence-electron chi connectivity index (χ2n) is 6.26. The number of rotatable bonds is 5. The molecular weight excluding hydrogens is 290 g/mol. The third-order valence-corrected chi connectivity index (χ3v) is 4.39. The van der Waals surface area contributed by atoms with Crippen LogP contribution in [0.25, 0.3) is 0 Å². The molecule has 23 heavy (non-hydrogen) atoms. The summed E-state index contributed by atoms with van der Waals surface area (Å²) >= 11 is 0. The van der Waals surface area contributed by atoms with Crippen LogP contribution in [0.1, 0.15) is 36.8 Å². The molecule has 1 aliphatic rings. The number of amides is 2. The number of benzene rings is 1. The highest BCUT2D eigenvalue weighted by molar-refractivity contribution is 5.95. The van der Waals surface area contributed by atoms with Crippen molar-refractivity contribution in [3.8, 4) is 0 Å². The lowest BCUT2D eigenvalue weighted by atomic mass is 10.1. The summed E-state index contributed by atoms with van der Waals surface area (Å²) in [6.07, 6.45) is 4.80. The normalized spacial score (nSPS) is 15.7. The third-order valence-electron chi connectivity index (χ3n) is 4.39. The van der Waals surface area contributed by atoms with Crippen molar-refractivity contribution in [3.63, 3.8) is 0 Å². The van der Waals surface area contributed by atoms with Gasteiger partial charge in [-0.15, -0.1) is 0 Å². The fraction of sp³-hybridized carbons (Fsp3) is 0.556. The molecule has 0 spiro atoms. The van der Waals surface area contributed by atoms with Crippen molar-refractivity contribution < 1.29 is 9.59 Å². The zero-order chi connectivity index (χ0) is 16.7. The van der Waals surface area contributed by atoms with E-state index in [1.807, 2.05) is 32.0 Å². The Balaban J connectivity index is 1.75. The van der Waals surface area contributed by atoms with Gasteiger partial charge in [-0.1, -0.05) is 25.0 Å². The van der Waals surface area contributed by atoms with E-state index < -0.39 is 0 Å². The predicted octanol–water partition coefficient (Wildman–Crippen LogP) is 2.23. The zero-order valence-electron chi connectivity index (χ0n) is 14.2. The summed E-state index contributed by atoms with van der Waals surface area (Å²) in [6.45, 7) is 6.33. The summed E-state index contributed by atoms with van der Waals surface area (Å²) < 4.78 is 0. The van der Waals surface area contributed by atoms with Gasteiger partial charge in [-0.3, -0.25) is 14.5 Å². The van der Waals surface area contributed by atoms with Gasteiger partial charge in [-0.2, -0.15) is 0 Å². The SMILES string of the molecule is Cc1cccc(NC(=O)CNC(=O)CN2CCCCCC2)c1C. The molecule has 2 rings (SSSR count). The van der Waals surface area contributed by atoms with Crippen LogP contribution in [0.2, 0.25) is 0 Å². The van der Waals surface area contributed by atoms with Gasteiger partial charge >= 0.3 is 0 Å². The van der Waals surface area contributed by atoms with E-state index in [1.54, 1.807) is 0 Å². The van der Waals surface area contributed by atoms with Crippen molar-refractivity contribution in [1.82, 2.24) is 10.2 Å². The molecule has 0 radical (unpaired) electrons. The van der Waals surface area contributed by atoms with Gasteiger partial charge in [0.15, 0.2) is 0 Å². The standard InChI is InChI=1S/C18H27N3O2/c1-14-8-7-9-16(15(14)2)20-17(22)12-19-18(23)13-21-10-5-3-4-6-11-21/h7-9H,3-6,10-13H2,1-2H3,(H,19,23)(H,20,22). The summed E-state index contributed by atoms with van der Waals surface area (Å²) in [5.41, 5.74) is 2.99. The predicted molar refractivity (Wildman–Crippen MR) is 92.5 cm³/mol. The van der Waals surface area contributed by atoms with Crippen molar-refractivity contribution in [2.24, 2.45) is 0 Å². The Morgan fingerprint density at radius 3 is 2.43 bits per heavy atom. The van der Waals surface area contributed by atoms with E-state index in [1.165, 1.54) is 12.8 Å². The van der Waals surface area contributed by atoms with Crippen molar-refractivity contribution in [2.75, 3.05) is 31.5 Å². The fourth-order valence-corrected chi connectivity index (χ4v) is 2.81. The average Bonchev–Trinajstić information content (AvgIpc) is 2.78. The number of anilines is 1. The molecule has 0 saturated carbocycles. The van der Waals surface area contributed by atoms with Gasteiger partial charge in [0, 0.05) is 5.69 Å². The van der Waals surface area contributed by atoms with Gasteiger partial charge in [0.2, 0.25) is 11.8 Å². The average molecular weight is 317 g/mol. The van der Waals surface area contributed by atoms with Crippen LogP contribution in [-0.2, 0) is 9.59 Å². The molecule has 0 unspecified atom stereocenters. The van der Waals surface area contributed by atoms with Crippen LogP contribution in [0.5, 0.6) is 0 Å². The first-order chi connectivity index (χ1) is 11.1. The van der Waals surface area contributed by atoms with Gasteiger partial charge in [0.1, 0.15) is 0 Å². The van der Waals surface area contributed by atoms with E-state index in [-0.39, 0.29) is 18.4 Å². The van der Waals surface area contributed by atoms with Crippen LogP contribution in [0.3, 0.4) is 0 Å². The maximum atomic E-state index is 12.0. The lowest BCUT2D eigenvalue weighted by Crippen LogP contribution is -2.40. The van der Waals surface area contributed by atoms with Gasteiger partial charge in [0.05, 0.1) is 13.1 Å².